The largest absolute Gasteiger partial charge is 0.468 e. The molecule has 1 aliphatic heterocycles. The SMILES string of the molecule is COC(=O)C(C(=O)OC)[C@H]1CC[C@H](C=O)ON1c1cccc(Cl)c1. The van der Waals surface area contributed by atoms with Gasteiger partial charge in [0.1, 0.15) is 6.10 Å². The van der Waals surface area contributed by atoms with Crippen LogP contribution in [-0.4, -0.2) is 44.6 Å². The monoisotopic (exact) mass is 355 g/mol. The third-order valence-corrected chi connectivity index (χ3v) is 4.04. The summed E-state index contributed by atoms with van der Waals surface area (Å²) in [6, 6.07) is 6.03. The van der Waals surface area contributed by atoms with Crippen molar-refractivity contribution >= 4 is 35.5 Å². The molecule has 0 amide bonds. The Morgan fingerprint density at radius 3 is 2.50 bits per heavy atom. The summed E-state index contributed by atoms with van der Waals surface area (Å²) in [5.74, 6) is -2.66. The number of methoxy groups -OCH3 is 2. The van der Waals surface area contributed by atoms with Gasteiger partial charge in [-0.2, -0.15) is 0 Å². The summed E-state index contributed by atoms with van der Waals surface area (Å²) >= 11 is 6.01. The van der Waals surface area contributed by atoms with Gasteiger partial charge in [-0.3, -0.25) is 14.4 Å². The second kappa shape index (κ2) is 8.12. The molecule has 2 rings (SSSR count). The number of hydrogen-bond acceptors (Lipinski definition) is 7. The summed E-state index contributed by atoms with van der Waals surface area (Å²) in [6.07, 6.45) is 0.746. The van der Waals surface area contributed by atoms with E-state index in [-0.39, 0.29) is 0 Å². The lowest BCUT2D eigenvalue weighted by molar-refractivity contribution is -0.163. The van der Waals surface area contributed by atoms with Crippen molar-refractivity contribution in [1.82, 2.24) is 0 Å². The molecule has 24 heavy (non-hydrogen) atoms. The first-order valence-electron chi connectivity index (χ1n) is 7.34. The van der Waals surface area contributed by atoms with Crippen molar-refractivity contribution in [3.05, 3.63) is 29.3 Å². The Bertz CT molecular complexity index is 606. The first kappa shape index (κ1) is 18.2. The minimum atomic E-state index is -1.20. The van der Waals surface area contributed by atoms with Crippen molar-refractivity contribution in [1.29, 1.82) is 0 Å². The van der Waals surface area contributed by atoms with E-state index in [2.05, 4.69) is 0 Å². The van der Waals surface area contributed by atoms with Crippen LogP contribution in [0.25, 0.3) is 0 Å². The van der Waals surface area contributed by atoms with Gasteiger partial charge in [-0.25, -0.2) is 5.06 Å². The molecule has 1 heterocycles. The highest BCUT2D eigenvalue weighted by Crippen LogP contribution is 2.32. The molecule has 1 aliphatic rings. The molecule has 0 N–H and O–H groups in total. The van der Waals surface area contributed by atoms with E-state index in [4.69, 9.17) is 25.9 Å². The lowest BCUT2D eigenvalue weighted by Gasteiger charge is -2.40. The predicted octanol–water partition coefficient (Wildman–Crippen LogP) is 1.77. The Labute approximate surface area is 144 Å². The number of hydroxylamine groups is 1. The third kappa shape index (κ3) is 3.85. The van der Waals surface area contributed by atoms with Crippen LogP contribution in [0.15, 0.2) is 24.3 Å². The fraction of sp³-hybridized carbons (Fsp3) is 0.438. The van der Waals surface area contributed by atoms with Gasteiger partial charge in [-0.15, -0.1) is 0 Å². The van der Waals surface area contributed by atoms with Crippen molar-refractivity contribution in [2.75, 3.05) is 19.3 Å². The smallest absolute Gasteiger partial charge is 0.322 e. The number of nitrogens with zero attached hydrogens (tertiary/aromatic N) is 1. The molecule has 0 spiro atoms. The van der Waals surface area contributed by atoms with E-state index in [0.29, 0.717) is 29.8 Å². The topological polar surface area (TPSA) is 82.1 Å². The van der Waals surface area contributed by atoms with Crippen LogP contribution in [0, 0.1) is 5.92 Å². The molecule has 0 unspecified atom stereocenters. The van der Waals surface area contributed by atoms with Gasteiger partial charge in [-0.1, -0.05) is 17.7 Å². The molecular weight excluding hydrogens is 338 g/mol. The normalized spacial score (nSPS) is 20.6. The van der Waals surface area contributed by atoms with Gasteiger partial charge in [-0.05, 0) is 31.0 Å². The van der Waals surface area contributed by atoms with E-state index >= 15 is 0 Å². The van der Waals surface area contributed by atoms with Crippen LogP contribution >= 0.6 is 11.6 Å². The predicted molar refractivity (Wildman–Crippen MR) is 85.4 cm³/mol. The minimum Gasteiger partial charge on any atom is -0.468 e. The zero-order chi connectivity index (χ0) is 17.7. The molecule has 130 valence electrons. The van der Waals surface area contributed by atoms with Crippen LogP contribution in [0.4, 0.5) is 5.69 Å². The number of benzene rings is 1. The first-order valence-corrected chi connectivity index (χ1v) is 7.72. The summed E-state index contributed by atoms with van der Waals surface area (Å²) in [5.41, 5.74) is 0.525. The molecule has 1 saturated heterocycles. The maximum absolute atomic E-state index is 12.1. The van der Waals surface area contributed by atoms with Gasteiger partial charge in [0.15, 0.2) is 12.2 Å². The molecule has 1 aromatic rings. The van der Waals surface area contributed by atoms with E-state index in [1.165, 1.54) is 19.3 Å². The number of hydrogen-bond donors (Lipinski definition) is 0. The number of carbonyl (C=O) groups is 3. The summed E-state index contributed by atoms with van der Waals surface area (Å²) < 4.78 is 9.46. The van der Waals surface area contributed by atoms with Crippen LogP contribution in [-0.2, 0) is 28.7 Å². The molecular formula is C16H18ClNO6. The number of anilines is 1. The zero-order valence-electron chi connectivity index (χ0n) is 13.3. The summed E-state index contributed by atoms with van der Waals surface area (Å²) in [5, 5.41) is 1.82. The lowest BCUT2D eigenvalue weighted by atomic mass is 9.92. The fourth-order valence-electron chi connectivity index (χ4n) is 2.65. The molecule has 1 fully saturated rings. The van der Waals surface area contributed by atoms with Crippen molar-refractivity contribution in [2.45, 2.75) is 25.0 Å². The van der Waals surface area contributed by atoms with Crippen molar-refractivity contribution in [3.8, 4) is 0 Å². The number of carbonyl (C=O) groups excluding carboxylic acids is 3. The van der Waals surface area contributed by atoms with Crippen LogP contribution < -0.4 is 5.06 Å². The van der Waals surface area contributed by atoms with E-state index in [1.54, 1.807) is 24.3 Å². The van der Waals surface area contributed by atoms with Gasteiger partial charge in [0.05, 0.1) is 25.9 Å². The molecule has 0 radical (unpaired) electrons. The second-order valence-electron chi connectivity index (χ2n) is 5.25. The Kier molecular flexibility index (Phi) is 6.16. The van der Waals surface area contributed by atoms with Crippen LogP contribution in [0.2, 0.25) is 5.02 Å². The average Bonchev–Trinajstić information content (AvgIpc) is 2.61. The second-order valence-corrected chi connectivity index (χ2v) is 5.69. The van der Waals surface area contributed by atoms with Crippen molar-refractivity contribution in [3.63, 3.8) is 0 Å². The average molecular weight is 356 g/mol. The molecule has 1 aromatic carbocycles. The highest BCUT2D eigenvalue weighted by atomic mass is 35.5. The highest BCUT2D eigenvalue weighted by Gasteiger charge is 2.44. The van der Waals surface area contributed by atoms with Gasteiger partial charge in [0.2, 0.25) is 0 Å². The standard InChI is InChI=1S/C16H18ClNO6/c1-22-15(20)14(16(21)23-2)13-7-6-12(9-19)24-18(13)11-5-3-4-10(17)8-11/h3-5,8-9,12-14H,6-7H2,1-2H3/t12-,13-/m1/s1. The molecule has 7 nitrogen and oxygen atoms in total. The number of ether oxygens (including phenoxy) is 2. The van der Waals surface area contributed by atoms with E-state index in [1.807, 2.05) is 0 Å². The zero-order valence-corrected chi connectivity index (χ0v) is 14.1. The summed E-state index contributed by atoms with van der Waals surface area (Å²) in [4.78, 5) is 41.0. The molecule has 2 atom stereocenters. The number of rotatable bonds is 5. The van der Waals surface area contributed by atoms with E-state index in [9.17, 15) is 14.4 Å². The molecule has 8 heteroatoms. The van der Waals surface area contributed by atoms with Crippen LogP contribution in [0.5, 0.6) is 0 Å². The number of halogens is 1. The highest BCUT2D eigenvalue weighted by molar-refractivity contribution is 6.30. The minimum absolute atomic E-state index is 0.366. The molecule has 0 aliphatic carbocycles. The Balaban J connectivity index is 2.41. The summed E-state index contributed by atoms with van der Waals surface area (Å²) in [7, 11) is 2.39. The number of esters is 2. The molecule has 0 saturated carbocycles. The molecule has 0 bridgehead atoms. The van der Waals surface area contributed by atoms with Gasteiger partial charge >= 0.3 is 11.9 Å². The van der Waals surface area contributed by atoms with Gasteiger partial charge < -0.3 is 14.3 Å². The molecule has 0 aromatic heterocycles. The van der Waals surface area contributed by atoms with E-state index in [0.717, 1.165) is 0 Å². The fourth-order valence-corrected chi connectivity index (χ4v) is 2.84. The van der Waals surface area contributed by atoms with Gasteiger partial charge in [0, 0.05) is 5.02 Å². The Morgan fingerprint density at radius 1 is 1.29 bits per heavy atom. The third-order valence-electron chi connectivity index (χ3n) is 3.81. The van der Waals surface area contributed by atoms with Crippen LogP contribution in [0.3, 0.4) is 0 Å². The maximum Gasteiger partial charge on any atom is 0.322 e. The Hall–Kier alpha value is -2.12. The Morgan fingerprint density at radius 2 is 1.96 bits per heavy atom. The summed E-state index contributed by atoms with van der Waals surface area (Å²) in [6.45, 7) is 0. The van der Waals surface area contributed by atoms with E-state index < -0.39 is 30.0 Å². The van der Waals surface area contributed by atoms with Crippen LogP contribution in [0.1, 0.15) is 12.8 Å². The van der Waals surface area contributed by atoms with Crippen molar-refractivity contribution in [2.24, 2.45) is 5.92 Å². The van der Waals surface area contributed by atoms with Crippen molar-refractivity contribution < 1.29 is 28.7 Å². The number of aldehydes is 1. The maximum atomic E-state index is 12.1. The van der Waals surface area contributed by atoms with Gasteiger partial charge in [0.25, 0.3) is 0 Å². The quantitative estimate of drug-likeness (QED) is 0.452. The first-order chi connectivity index (χ1) is 11.5. The lowest BCUT2D eigenvalue weighted by Crippen LogP contribution is -2.52.